The number of thioether (sulfide) groups is 1. The smallest absolute Gasteiger partial charge is 0.253 e. The quantitative estimate of drug-likeness (QED) is 0.791. The molecular weight excluding hydrogens is 232 g/mol. The Morgan fingerprint density at radius 2 is 2.24 bits per heavy atom. The summed E-state index contributed by atoms with van der Waals surface area (Å²) < 4.78 is 0. The van der Waals surface area contributed by atoms with Crippen molar-refractivity contribution in [1.29, 1.82) is 0 Å². The molecule has 0 aliphatic carbocycles. The number of carbonyl (C=O) groups excluding carboxylic acids is 1. The van der Waals surface area contributed by atoms with E-state index in [0.717, 1.165) is 17.7 Å². The van der Waals surface area contributed by atoms with Gasteiger partial charge in [0.2, 0.25) is 0 Å². The number of anilines is 1. The second kappa shape index (κ2) is 6.55. The molecule has 1 amide bonds. The molecule has 0 aliphatic rings. The van der Waals surface area contributed by atoms with Gasteiger partial charge in [-0.3, -0.25) is 4.79 Å². The van der Waals surface area contributed by atoms with Crippen LogP contribution < -0.4 is 11.1 Å². The van der Waals surface area contributed by atoms with Crippen LogP contribution in [0, 0.1) is 6.92 Å². The summed E-state index contributed by atoms with van der Waals surface area (Å²) in [4.78, 5) is 12.0. The molecule has 1 atom stereocenters. The van der Waals surface area contributed by atoms with Crippen molar-refractivity contribution in [2.75, 3.05) is 17.7 Å². The molecule has 0 radical (unpaired) electrons. The van der Waals surface area contributed by atoms with Gasteiger partial charge in [-0.2, -0.15) is 11.8 Å². The third-order valence-corrected chi connectivity index (χ3v) is 3.35. The van der Waals surface area contributed by atoms with Gasteiger partial charge in [0.1, 0.15) is 0 Å². The zero-order valence-electron chi connectivity index (χ0n) is 10.6. The minimum Gasteiger partial charge on any atom is -0.398 e. The summed E-state index contributed by atoms with van der Waals surface area (Å²) in [6, 6.07) is 5.70. The van der Waals surface area contributed by atoms with Crippen molar-refractivity contribution in [2.24, 2.45) is 0 Å². The van der Waals surface area contributed by atoms with Crippen LogP contribution in [0.5, 0.6) is 0 Å². The second-order valence-electron chi connectivity index (χ2n) is 4.19. The molecule has 0 aliphatic heterocycles. The van der Waals surface area contributed by atoms with Crippen LogP contribution in [-0.4, -0.2) is 24.0 Å². The lowest BCUT2D eigenvalue weighted by Crippen LogP contribution is -2.33. The maximum atomic E-state index is 12.0. The van der Waals surface area contributed by atoms with Crippen LogP contribution in [0.3, 0.4) is 0 Å². The van der Waals surface area contributed by atoms with E-state index in [1.807, 2.05) is 26.0 Å². The summed E-state index contributed by atoms with van der Waals surface area (Å²) in [5.74, 6) is 0.963. The zero-order chi connectivity index (χ0) is 12.8. The van der Waals surface area contributed by atoms with Crippen LogP contribution in [-0.2, 0) is 0 Å². The molecule has 94 valence electrons. The van der Waals surface area contributed by atoms with Gasteiger partial charge in [-0.15, -0.1) is 0 Å². The van der Waals surface area contributed by atoms with E-state index in [1.54, 1.807) is 17.8 Å². The van der Waals surface area contributed by atoms with E-state index in [1.165, 1.54) is 0 Å². The van der Waals surface area contributed by atoms with E-state index >= 15 is 0 Å². The zero-order valence-corrected chi connectivity index (χ0v) is 11.4. The van der Waals surface area contributed by atoms with Crippen molar-refractivity contribution in [2.45, 2.75) is 26.3 Å². The van der Waals surface area contributed by atoms with Crippen molar-refractivity contribution in [1.82, 2.24) is 5.32 Å². The lowest BCUT2D eigenvalue weighted by molar-refractivity contribution is 0.0940. The van der Waals surface area contributed by atoms with Crippen LogP contribution in [0.15, 0.2) is 18.2 Å². The largest absolute Gasteiger partial charge is 0.398 e. The molecule has 3 N–H and O–H groups in total. The molecule has 1 unspecified atom stereocenters. The Kier molecular flexibility index (Phi) is 5.35. The summed E-state index contributed by atoms with van der Waals surface area (Å²) >= 11 is 1.78. The van der Waals surface area contributed by atoms with Crippen LogP contribution in [0.2, 0.25) is 0 Å². The number of rotatable bonds is 5. The molecule has 0 bridgehead atoms. The van der Waals surface area contributed by atoms with E-state index in [2.05, 4.69) is 11.6 Å². The first-order valence-corrected chi connectivity index (χ1v) is 7.10. The molecule has 3 nitrogen and oxygen atoms in total. The molecular formula is C13H20N2OS. The van der Waals surface area contributed by atoms with Crippen molar-refractivity contribution >= 4 is 23.4 Å². The van der Waals surface area contributed by atoms with Crippen molar-refractivity contribution in [3.8, 4) is 0 Å². The van der Waals surface area contributed by atoms with E-state index in [4.69, 9.17) is 5.73 Å². The van der Waals surface area contributed by atoms with E-state index in [-0.39, 0.29) is 11.9 Å². The Morgan fingerprint density at radius 1 is 1.53 bits per heavy atom. The average molecular weight is 252 g/mol. The molecule has 4 heteroatoms. The minimum atomic E-state index is -0.0835. The molecule has 0 heterocycles. The van der Waals surface area contributed by atoms with Gasteiger partial charge in [-0.1, -0.05) is 12.1 Å². The number of nitrogen functional groups attached to an aromatic ring is 1. The van der Waals surface area contributed by atoms with E-state index in [9.17, 15) is 4.79 Å². The maximum Gasteiger partial charge on any atom is 0.253 e. The highest BCUT2D eigenvalue weighted by Gasteiger charge is 2.12. The third-order valence-electron chi connectivity index (χ3n) is 2.70. The molecule has 0 saturated heterocycles. The molecule has 0 fully saturated rings. The molecule has 17 heavy (non-hydrogen) atoms. The Labute approximate surface area is 107 Å². The maximum absolute atomic E-state index is 12.0. The van der Waals surface area contributed by atoms with Crippen molar-refractivity contribution < 1.29 is 4.79 Å². The Morgan fingerprint density at radius 3 is 2.88 bits per heavy atom. The predicted octanol–water partition coefficient (Wildman–Crippen LogP) is 2.45. The van der Waals surface area contributed by atoms with E-state index in [0.29, 0.717) is 11.3 Å². The summed E-state index contributed by atoms with van der Waals surface area (Å²) in [6.45, 7) is 3.92. The average Bonchev–Trinajstić information content (AvgIpc) is 2.29. The standard InChI is InChI=1S/C13H20N2OS/c1-9-5-4-6-11(12(9)14)13(16)15-10(2)7-8-17-3/h4-6,10H,7-8,14H2,1-3H3,(H,15,16). The summed E-state index contributed by atoms with van der Waals surface area (Å²) in [5.41, 5.74) is 7.98. The molecule has 1 rings (SSSR count). The van der Waals surface area contributed by atoms with Crippen LogP contribution in [0.1, 0.15) is 29.3 Å². The number of para-hydroxylation sites is 1. The van der Waals surface area contributed by atoms with Gasteiger partial charge in [-0.05, 0) is 43.9 Å². The fourth-order valence-corrected chi connectivity index (χ4v) is 2.14. The monoisotopic (exact) mass is 252 g/mol. The first-order chi connectivity index (χ1) is 8.06. The van der Waals surface area contributed by atoms with Gasteiger partial charge in [0, 0.05) is 11.7 Å². The molecule has 0 aromatic heterocycles. The Balaban J connectivity index is 2.67. The predicted molar refractivity (Wildman–Crippen MR) is 75.5 cm³/mol. The van der Waals surface area contributed by atoms with Crippen LogP contribution >= 0.6 is 11.8 Å². The first kappa shape index (κ1) is 13.9. The third kappa shape index (κ3) is 3.97. The summed E-state index contributed by atoms with van der Waals surface area (Å²) in [5, 5.41) is 2.97. The lowest BCUT2D eigenvalue weighted by Gasteiger charge is -2.14. The van der Waals surface area contributed by atoms with Gasteiger partial charge in [0.15, 0.2) is 0 Å². The van der Waals surface area contributed by atoms with E-state index < -0.39 is 0 Å². The number of carbonyl (C=O) groups is 1. The highest BCUT2D eigenvalue weighted by atomic mass is 32.2. The number of nitrogens with one attached hydrogen (secondary N) is 1. The number of amides is 1. The lowest BCUT2D eigenvalue weighted by atomic mass is 10.1. The Hall–Kier alpha value is -1.16. The molecule has 1 aromatic rings. The first-order valence-electron chi connectivity index (χ1n) is 5.71. The van der Waals surface area contributed by atoms with Gasteiger partial charge in [0.05, 0.1) is 5.56 Å². The number of benzene rings is 1. The highest BCUT2D eigenvalue weighted by molar-refractivity contribution is 7.98. The fraction of sp³-hybridized carbons (Fsp3) is 0.462. The summed E-state index contributed by atoms with van der Waals surface area (Å²) in [6.07, 6.45) is 3.03. The number of nitrogens with two attached hydrogens (primary N) is 1. The molecule has 0 saturated carbocycles. The van der Waals surface area contributed by atoms with Crippen molar-refractivity contribution in [3.63, 3.8) is 0 Å². The highest BCUT2D eigenvalue weighted by Crippen LogP contribution is 2.16. The van der Waals surface area contributed by atoms with Crippen molar-refractivity contribution in [3.05, 3.63) is 29.3 Å². The second-order valence-corrected chi connectivity index (χ2v) is 5.18. The number of aryl methyl sites for hydroxylation is 1. The van der Waals surface area contributed by atoms with Gasteiger partial charge < -0.3 is 11.1 Å². The van der Waals surface area contributed by atoms with Gasteiger partial charge >= 0.3 is 0 Å². The molecule has 0 spiro atoms. The van der Waals surface area contributed by atoms with Crippen LogP contribution in [0.25, 0.3) is 0 Å². The normalized spacial score (nSPS) is 12.2. The Bertz CT molecular complexity index is 393. The number of hydrogen-bond donors (Lipinski definition) is 2. The van der Waals surface area contributed by atoms with Gasteiger partial charge in [0.25, 0.3) is 5.91 Å². The topological polar surface area (TPSA) is 55.1 Å². The number of hydrogen-bond acceptors (Lipinski definition) is 3. The SMILES string of the molecule is CSCCC(C)NC(=O)c1cccc(C)c1N. The minimum absolute atomic E-state index is 0.0835. The summed E-state index contributed by atoms with van der Waals surface area (Å²) in [7, 11) is 0. The fourth-order valence-electron chi connectivity index (χ4n) is 1.55. The van der Waals surface area contributed by atoms with Gasteiger partial charge in [-0.25, -0.2) is 0 Å². The molecule has 1 aromatic carbocycles. The van der Waals surface area contributed by atoms with Crippen LogP contribution in [0.4, 0.5) is 5.69 Å².